The van der Waals surface area contributed by atoms with Crippen molar-refractivity contribution in [2.45, 2.75) is 12.3 Å². The lowest BCUT2D eigenvalue weighted by atomic mass is 9.98. The van der Waals surface area contributed by atoms with Crippen LogP contribution in [-0.2, 0) is 4.79 Å². The van der Waals surface area contributed by atoms with Crippen molar-refractivity contribution < 1.29 is 9.18 Å². The van der Waals surface area contributed by atoms with E-state index in [4.69, 9.17) is 0 Å². The quantitative estimate of drug-likeness (QED) is 0.821. The number of rotatable bonds is 1. The number of hydrogen-bond donors (Lipinski definition) is 1. The van der Waals surface area contributed by atoms with Gasteiger partial charge < -0.3 is 5.32 Å². The largest absolute Gasteiger partial charge is 0.355 e. The van der Waals surface area contributed by atoms with Crippen LogP contribution in [0.3, 0.4) is 0 Å². The van der Waals surface area contributed by atoms with E-state index in [9.17, 15) is 9.18 Å². The summed E-state index contributed by atoms with van der Waals surface area (Å²) in [4.78, 5) is 11.0. The predicted octanol–water partition coefficient (Wildman–Crippen LogP) is 2.19. The summed E-state index contributed by atoms with van der Waals surface area (Å²) in [5.41, 5.74) is 0.871. The molecule has 0 spiro atoms. The monoisotopic (exact) mass is 257 g/mol. The van der Waals surface area contributed by atoms with Gasteiger partial charge in [-0.05, 0) is 23.8 Å². The van der Waals surface area contributed by atoms with Gasteiger partial charge in [-0.3, -0.25) is 4.79 Å². The van der Waals surface area contributed by atoms with Crippen molar-refractivity contribution in [1.82, 2.24) is 5.32 Å². The third-order valence-electron chi connectivity index (χ3n) is 2.33. The van der Waals surface area contributed by atoms with Crippen molar-refractivity contribution in [2.75, 3.05) is 6.54 Å². The molecule has 1 aromatic rings. The van der Waals surface area contributed by atoms with Crippen LogP contribution in [0.25, 0.3) is 0 Å². The SMILES string of the molecule is O=C1C[C@H](c2cc(F)cc(Br)c2)CN1. The number of carbonyl (C=O) groups excluding carboxylic acids is 1. The highest BCUT2D eigenvalue weighted by Gasteiger charge is 2.23. The van der Waals surface area contributed by atoms with Gasteiger partial charge in [0.05, 0.1) is 0 Å². The van der Waals surface area contributed by atoms with E-state index in [0.717, 1.165) is 5.56 Å². The second-order valence-corrected chi connectivity index (χ2v) is 4.32. The molecule has 1 aliphatic heterocycles. The molecule has 4 heteroatoms. The summed E-state index contributed by atoms with van der Waals surface area (Å²) in [6.07, 6.45) is 0.454. The number of benzene rings is 1. The predicted molar refractivity (Wildman–Crippen MR) is 54.5 cm³/mol. The molecule has 0 aromatic heterocycles. The molecule has 0 bridgehead atoms. The van der Waals surface area contributed by atoms with Gasteiger partial charge in [-0.15, -0.1) is 0 Å². The van der Waals surface area contributed by atoms with Gasteiger partial charge in [0.25, 0.3) is 0 Å². The molecule has 1 atom stereocenters. The Balaban J connectivity index is 2.27. The second kappa shape index (κ2) is 3.69. The van der Waals surface area contributed by atoms with E-state index in [0.29, 0.717) is 17.4 Å². The van der Waals surface area contributed by atoms with Gasteiger partial charge in [0.15, 0.2) is 0 Å². The van der Waals surface area contributed by atoms with Gasteiger partial charge in [0.2, 0.25) is 5.91 Å². The highest BCUT2D eigenvalue weighted by atomic mass is 79.9. The van der Waals surface area contributed by atoms with E-state index in [2.05, 4.69) is 21.2 Å². The van der Waals surface area contributed by atoms with E-state index >= 15 is 0 Å². The van der Waals surface area contributed by atoms with Gasteiger partial charge in [0, 0.05) is 23.4 Å². The van der Waals surface area contributed by atoms with Crippen LogP contribution in [-0.4, -0.2) is 12.5 Å². The van der Waals surface area contributed by atoms with E-state index in [-0.39, 0.29) is 17.6 Å². The molecule has 74 valence electrons. The fourth-order valence-electron chi connectivity index (χ4n) is 1.65. The van der Waals surface area contributed by atoms with Crippen molar-refractivity contribution in [3.05, 3.63) is 34.1 Å². The number of amides is 1. The zero-order chi connectivity index (χ0) is 10.1. The molecule has 2 rings (SSSR count). The van der Waals surface area contributed by atoms with Crippen LogP contribution >= 0.6 is 15.9 Å². The van der Waals surface area contributed by atoms with Gasteiger partial charge in [0.1, 0.15) is 5.82 Å². The fourth-order valence-corrected chi connectivity index (χ4v) is 2.13. The number of hydrogen-bond acceptors (Lipinski definition) is 1. The molecular formula is C10H9BrFNO. The molecular weight excluding hydrogens is 249 g/mol. The first kappa shape index (κ1) is 9.65. The Bertz CT molecular complexity index is 360. The standard InChI is InChI=1S/C10H9BrFNO/c11-8-1-6(2-9(12)4-8)7-3-10(14)13-5-7/h1-2,4,7H,3,5H2,(H,13,14)/t7-/m0/s1. The third kappa shape index (κ3) is 1.95. The van der Waals surface area contributed by atoms with Gasteiger partial charge in [-0.2, -0.15) is 0 Å². The molecule has 1 amide bonds. The van der Waals surface area contributed by atoms with Crippen LogP contribution in [0.4, 0.5) is 4.39 Å². The first-order valence-electron chi connectivity index (χ1n) is 4.38. The summed E-state index contributed by atoms with van der Waals surface area (Å²) in [6, 6.07) is 4.75. The van der Waals surface area contributed by atoms with Crippen LogP contribution in [0, 0.1) is 5.82 Å². The first-order chi connectivity index (χ1) is 6.65. The smallest absolute Gasteiger partial charge is 0.220 e. The van der Waals surface area contributed by atoms with Crippen molar-refractivity contribution >= 4 is 21.8 Å². The molecule has 1 saturated heterocycles. The maximum Gasteiger partial charge on any atom is 0.220 e. The Morgan fingerprint density at radius 2 is 2.21 bits per heavy atom. The number of halogens is 2. The normalized spacial score (nSPS) is 21.0. The minimum Gasteiger partial charge on any atom is -0.355 e. The Kier molecular flexibility index (Phi) is 2.54. The van der Waals surface area contributed by atoms with E-state index in [1.54, 1.807) is 0 Å². The fraction of sp³-hybridized carbons (Fsp3) is 0.300. The minimum absolute atomic E-state index is 0.0374. The average Bonchev–Trinajstić information content (AvgIpc) is 2.50. The maximum absolute atomic E-state index is 13.0. The van der Waals surface area contributed by atoms with E-state index in [1.165, 1.54) is 12.1 Å². The average molecular weight is 258 g/mol. The zero-order valence-corrected chi connectivity index (χ0v) is 8.97. The van der Waals surface area contributed by atoms with Gasteiger partial charge >= 0.3 is 0 Å². The molecule has 1 heterocycles. The van der Waals surface area contributed by atoms with Gasteiger partial charge in [-0.1, -0.05) is 15.9 Å². The van der Waals surface area contributed by atoms with Crippen LogP contribution in [0.2, 0.25) is 0 Å². The highest BCUT2D eigenvalue weighted by molar-refractivity contribution is 9.10. The zero-order valence-electron chi connectivity index (χ0n) is 7.39. The first-order valence-corrected chi connectivity index (χ1v) is 5.17. The molecule has 1 N–H and O–H groups in total. The second-order valence-electron chi connectivity index (χ2n) is 3.41. The highest BCUT2D eigenvalue weighted by Crippen LogP contribution is 2.26. The topological polar surface area (TPSA) is 29.1 Å². The summed E-state index contributed by atoms with van der Waals surface area (Å²) in [7, 11) is 0. The molecule has 1 aromatic carbocycles. The Morgan fingerprint density at radius 1 is 1.43 bits per heavy atom. The van der Waals surface area contributed by atoms with Crippen LogP contribution in [0.1, 0.15) is 17.9 Å². The van der Waals surface area contributed by atoms with Crippen LogP contribution < -0.4 is 5.32 Å². The number of nitrogens with one attached hydrogen (secondary N) is 1. The van der Waals surface area contributed by atoms with Gasteiger partial charge in [-0.25, -0.2) is 4.39 Å². The van der Waals surface area contributed by atoms with Crippen molar-refractivity contribution in [3.63, 3.8) is 0 Å². The summed E-state index contributed by atoms with van der Waals surface area (Å²) in [5.74, 6) is -0.126. The molecule has 1 fully saturated rings. The van der Waals surface area contributed by atoms with E-state index in [1.807, 2.05) is 6.07 Å². The lowest BCUT2D eigenvalue weighted by Crippen LogP contribution is -2.13. The Morgan fingerprint density at radius 3 is 2.79 bits per heavy atom. The molecule has 0 radical (unpaired) electrons. The molecule has 2 nitrogen and oxygen atoms in total. The summed E-state index contributed by atoms with van der Waals surface area (Å²) in [5, 5.41) is 2.73. The summed E-state index contributed by atoms with van der Waals surface area (Å²) in [6.45, 7) is 0.606. The lowest BCUT2D eigenvalue weighted by Gasteiger charge is -2.07. The third-order valence-corrected chi connectivity index (χ3v) is 2.79. The van der Waals surface area contributed by atoms with Crippen molar-refractivity contribution in [1.29, 1.82) is 0 Å². The Hall–Kier alpha value is -0.900. The maximum atomic E-state index is 13.0. The summed E-state index contributed by atoms with van der Waals surface area (Å²) < 4.78 is 13.8. The van der Waals surface area contributed by atoms with Crippen molar-refractivity contribution in [2.24, 2.45) is 0 Å². The molecule has 0 aliphatic carbocycles. The van der Waals surface area contributed by atoms with Crippen LogP contribution in [0.5, 0.6) is 0 Å². The van der Waals surface area contributed by atoms with E-state index < -0.39 is 0 Å². The summed E-state index contributed by atoms with van der Waals surface area (Å²) >= 11 is 3.23. The Labute approximate surface area is 89.6 Å². The number of carbonyl (C=O) groups is 1. The van der Waals surface area contributed by atoms with Crippen LogP contribution in [0.15, 0.2) is 22.7 Å². The molecule has 1 aliphatic rings. The lowest BCUT2D eigenvalue weighted by molar-refractivity contribution is -0.119. The molecule has 0 saturated carbocycles. The van der Waals surface area contributed by atoms with Crippen molar-refractivity contribution in [3.8, 4) is 0 Å². The molecule has 0 unspecified atom stereocenters. The molecule has 14 heavy (non-hydrogen) atoms. The minimum atomic E-state index is -0.270.